The zero-order chi connectivity index (χ0) is 14.1. The van der Waals surface area contributed by atoms with Gasteiger partial charge in [-0.1, -0.05) is 33.1 Å². The van der Waals surface area contributed by atoms with Gasteiger partial charge in [0.2, 0.25) is 0 Å². The summed E-state index contributed by atoms with van der Waals surface area (Å²) < 4.78 is 0. The summed E-state index contributed by atoms with van der Waals surface area (Å²) in [6.07, 6.45) is 9.57. The third-order valence-corrected chi connectivity index (χ3v) is 4.76. The molecule has 0 aromatic rings. The summed E-state index contributed by atoms with van der Waals surface area (Å²) >= 11 is 0. The topological polar surface area (TPSA) is 15.3 Å². The van der Waals surface area contributed by atoms with E-state index in [-0.39, 0.29) is 0 Å². The van der Waals surface area contributed by atoms with E-state index in [4.69, 9.17) is 0 Å². The summed E-state index contributed by atoms with van der Waals surface area (Å²) in [5.74, 6) is 0. The van der Waals surface area contributed by atoms with Crippen LogP contribution in [0.3, 0.4) is 0 Å². The van der Waals surface area contributed by atoms with Crippen LogP contribution in [-0.2, 0) is 0 Å². The largest absolute Gasteiger partial charge is 0.317 e. The number of nitrogens with one attached hydrogen (secondary N) is 1. The molecule has 0 unspecified atom stereocenters. The molecule has 1 heterocycles. The van der Waals surface area contributed by atoms with Crippen molar-refractivity contribution in [3.63, 3.8) is 0 Å². The molecule has 0 atom stereocenters. The first kappa shape index (κ1) is 17.0. The maximum absolute atomic E-state index is 3.53. The van der Waals surface area contributed by atoms with Crippen LogP contribution in [0.4, 0.5) is 0 Å². The van der Waals surface area contributed by atoms with Crippen molar-refractivity contribution < 1.29 is 0 Å². The summed E-state index contributed by atoms with van der Waals surface area (Å²) in [6.45, 7) is 14.4. The molecule has 0 aliphatic carbocycles. The van der Waals surface area contributed by atoms with Crippen molar-refractivity contribution in [2.75, 3.05) is 26.2 Å². The van der Waals surface area contributed by atoms with Crippen molar-refractivity contribution in [3.8, 4) is 0 Å². The van der Waals surface area contributed by atoms with Crippen LogP contribution in [0.2, 0.25) is 0 Å². The van der Waals surface area contributed by atoms with Gasteiger partial charge in [0.25, 0.3) is 0 Å². The molecule has 114 valence electrons. The molecule has 0 aromatic carbocycles. The normalized spacial score (nSPS) is 19.3. The molecule has 1 aliphatic heterocycles. The Hall–Kier alpha value is -0.0800. The highest BCUT2D eigenvalue weighted by molar-refractivity contribution is 4.88. The van der Waals surface area contributed by atoms with E-state index in [9.17, 15) is 0 Å². The molecule has 1 aliphatic rings. The molecule has 0 radical (unpaired) electrons. The van der Waals surface area contributed by atoms with Gasteiger partial charge >= 0.3 is 0 Å². The summed E-state index contributed by atoms with van der Waals surface area (Å²) in [5.41, 5.74) is 0.594. The van der Waals surface area contributed by atoms with Crippen LogP contribution in [0.5, 0.6) is 0 Å². The van der Waals surface area contributed by atoms with Crippen molar-refractivity contribution >= 4 is 0 Å². The molecule has 1 saturated heterocycles. The first-order chi connectivity index (χ1) is 9.13. The Morgan fingerprint density at radius 1 is 1.05 bits per heavy atom. The van der Waals surface area contributed by atoms with Crippen molar-refractivity contribution in [1.29, 1.82) is 0 Å². The van der Waals surface area contributed by atoms with E-state index in [1.807, 2.05) is 0 Å². The van der Waals surface area contributed by atoms with Crippen molar-refractivity contribution in [2.45, 2.75) is 78.7 Å². The molecule has 1 fully saturated rings. The molecule has 2 nitrogen and oxygen atoms in total. The third kappa shape index (κ3) is 5.83. The van der Waals surface area contributed by atoms with Crippen LogP contribution in [0.25, 0.3) is 0 Å². The van der Waals surface area contributed by atoms with E-state index in [2.05, 4.69) is 37.9 Å². The molecule has 1 N–H and O–H groups in total. The predicted molar refractivity (Wildman–Crippen MR) is 85.7 cm³/mol. The lowest BCUT2D eigenvalue weighted by Crippen LogP contribution is -2.47. The summed E-state index contributed by atoms with van der Waals surface area (Å²) in [4.78, 5) is 2.75. The number of nitrogens with zero attached hydrogens (tertiary/aromatic N) is 1. The van der Waals surface area contributed by atoms with Gasteiger partial charge in [-0.3, -0.25) is 0 Å². The molecule has 0 aromatic heterocycles. The van der Waals surface area contributed by atoms with Gasteiger partial charge in [-0.15, -0.1) is 0 Å². The molecule has 0 saturated carbocycles. The molecule has 0 bridgehead atoms. The highest BCUT2D eigenvalue weighted by Gasteiger charge is 2.33. The quantitative estimate of drug-likeness (QED) is 0.635. The van der Waals surface area contributed by atoms with Crippen molar-refractivity contribution in [2.24, 2.45) is 5.41 Å². The first-order valence-corrected chi connectivity index (χ1v) is 8.58. The second kappa shape index (κ2) is 8.97. The minimum Gasteiger partial charge on any atom is -0.317 e. The predicted octanol–water partition coefficient (Wildman–Crippen LogP) is 4.06. The van der Waals surface area contributed by atoms with Gasteiger partial charge in [-0.2, -0.15) is 0 Å². The van der Waals surface area contributed by atoms with Gasteiger partial charge in [-0.25, -0.2) is 0 Å². The van der Waals surface area contributed by atoms with Crippen LogP contribution < -0.4 is 5.32 Å². The van der Waals surface area contributed by atoms with Crippen LogP contribution in [0.15, 0.2) is 0 Å². The molecule has 1 rings (SSSR count). The van der Waals surface area contributed by atoms with Crippen LogP contribution in [0.1, 0.15) is 72.6 Å². The lowest BCUT2D eigenvalue weighted by Gasteiger charge is -2.43. The first-order valence-electron chi connectivity index (χ1n) is 8.58. The average molecular weight is 268 g/mol. The maximum atomic E-state index is 3.53. The SMILES string of the molecule is CCCCCN(CC1(CCC)CCNCC1)C(C)C. The van der Waals surface area contributed by atoms with E-state index >= 15 is 0 Å². The fraction of sp³-hybridized carbons (Fsp3) is 1.00. The molecular formula is C17H36N2. The molecular weight excluding hydrogens is 232 g/mol. The van der Waals surface area contributed by atoms with Gasteiger partial charge in [0.05, 0.1) is 0 Å². The van der Waals surface area contributed by atoms with Gasteiger partial charge in [0.1, 0.15) is 0 Å². The minimum atomic E-state index is 0.594. The molecule has 0 amide bonds. The Labute approximate surface area is 121 Å². The van der Waals surface area contributed by atoms with Gasteiger partial charge < -0.3 is 10.2 Å². The van der Waals surface area contributed by atoms with Gasteiger partial charge in [0, 0.05) is 12.6 Å². The van der Waals surface area contributed by atoms with E-state index < -0.39 is 0 Å². The Bertz CT molecular complexity index is 214. The highest BCUT2D eigenvalue weighted by Crippen LogP contribution is 2.35. The van der Waals surface area contributed by atoms with Crippen LogP contribution in [-0.4, -0.2) is 37.1 Å². The fourth-order valence-electron chi connectivity index (χ4n) is 3.49. The number of hydrogen-bond acceptors (Lipinski definition) is 2. The summed E-state index contributed by atoms with van der Waals surface area (Å²) in [7, 11) is 0. The van der Waals surface area contributed by atoms with Crippen molar-refractivity contribution in [1.82, 2.24) is 10.2 Å². The van der Waals surface area contributed by atoms with Crippen LogP contribution >= 0.6 is 0 Å². The zero-order valence-electron chi connectivity index (χ0n) is 13.8. The second-order valence-corrected chi connectivity index (χ2v) is 6.77. The van der Waals surface area contributed by atoms with E-state index in [0.29, 0.717) is 11.5 Å². The lowest BCUT2D eigenvalue weighted by molar-refractivity contribution is 0.0805. The van der Waals surface area contributed by atoms with Crippen LogP contribution in [0, 0.1) is 5.41 Å². The maximum Gasteiger partial charge on any atom is 0.00416 e. The Morgan fingerprint density at radius 3 is 2.26 bits per heavy atom. The third-order valence-electron chi connectivity index (χ3n) is 4.76. The Kier molecular flexibility index (Phi) is 8.01. The second-order valence-electron chi connectivity index (χ2n) is 6.77. The van der Waals surface area contributed by atoms with Gasteiger partial charge in [-0.05, 0) is 64.6 Å². The summed E-state index contributed by atoms with van der Waals surface area (Å²) in [5, 5.41) is 3.53. The number of unbranched alkanes of at least 4 members (excludes halogenated alkanes) is 2. The van der Waals surface area contributed by atoms with E-state index in [1.54, 1.807) is 0 Å². The standard InChI is InChI=1S/C17H36N2/c1-5-7-8-14-19(16(3)4)15-17(9-6-2)10-12-18-13-11-17/h16,18H,5-15H2,1-4H3. The molecule has 19 heavy (non-hydrogen) atoms. The highest BCUT2D eigenvalue weighted by atomic mass is 15.2. The Morgan fingerprint density at radius 2 is 1.74 bits per heavy atom. The summed E-state index contributed by atoms with van der Waals surface area (Å²) in [6, 6.07) is 0.695. The average Bonchev–Trinajstić information content (AvgIpc) is 2.39. The number of hydrogen-bond donors (Lipinski definition) is 1. The molecule has 2 heteroatoms. The van der Waals surface area contributed by atoms with E-state index in [1.165, 1.54) is 71.1 Å². The number of rotatable bonds is 9. The Balaban J connectivity index is 2.56. The molecule has 0 spiro atoms. The van der Waals surface area contributed by atoms with E-state index in [0.717, 1.165) is 0 Å². The number of piperidine rings is 1. The van der Waals surface area contributed by atoms with Gasteiger partial charge in [0.15, 0.2) is 0 Å². The lowest BCUT2D eigenvalue weighted by atomic mass is 9.74. The van der Waals surface area contributed by atoms with Crippen molar-refractivity contribution in [3.05, 3.63) is 0 Å². The zero-order valence-corrected chi connectivity index (χ0v) is 13.8. The smallest absolute Gasteiger partial charge is 0.00416 e. The fourth-order valence-corrected chi connectivity index (χ4v) is 3.49. The minimum absolute atomic E-state index is 0.594. The monoisotopic (exact) mass is 268 g/mol.